The minimum absolute atomic E-state index is 0.163. The molecule has 2 bridgehead atoms. The molecule has 7 heteroatoms. The van der Waals surface area contributed by atoms with Crippen molar-refractivity contribution in [3.8, 4) is 0 Å². The molecule has 1 spiro atoms. The summed E-state index contributed by atoms with van der Waals surface area (Å²) in [4.78, 5) is 9.17. The second kappa shape index (κ2) is 5.69. The van der Waals surface area contributed by atoms with Crippen LogP contribution < -0.4 is 10.6 Å². The fraction of sp³-hybridized carbons (Fsp3) is 0.500. The molecule has 132 valence electrons. The summed E-state index contributed by atoms with van der Waals surface area (Å²) in [5, 5.41) is 3.05. The number of rotatable bonds is 1. The number of nitrogens with two attached hydrogens (primary N) is 1. The van der Waals surface area contributed by atoms with Crippen molar-refractivity contribution in [2.75, 3.05) is 31.1 Å². The molecule has 25 heavy (non-hydrogen) atoms. The van der Waals surface area contributed by atoms with Gasteiger partial charge in [0.1, 0.15) is 11.4 Å². The number of halogens is 2. The molecule has 2 atom stereocenters. The molecular weight excluding hydrogens is 359 g/mol. The van der Waals surface area contributed by atoms with E-state index < -0.39 is 6.35 Å². The van der Waals surface area contributed by atoms with Crippen LogP contribution in [0.5, 0.6) is 0 Å². The molecule has 5 nitrogen and oxygen atoms in total. The normalized spacial score (nSPS) is 34.4. The van der Waals surface area contributed by atoms with Crippen LogP contribution in [0.1, 0.15) is 12.8 Å². The average molecular weight is 379 g/mol. The number of anilines is 1. The molecule has 0 aliphatic carbocycles. The van der Waals surface area contributed by atoms with Crippen molar-refractivity contribution in [3.05, 3.63) is 34.4 Å². The first-order valence-corrected chi connectivity index (χ1v) is 9.47. The highest BCUT2D eigenvalue weighted by atomic mass is 35.5. The number of piperidine rings is 3. The van der Waals surface area contributed by atoms with Crippen LogP contribution in [0.25, 0.3) is 10.8 Å². The number of fused-ring (bicyclic) bond motifs is 3. The van der Waals surface area contributed by atoms with Crippen molar-refractivity contribution in [2.45, 2.75) is 24.8 Å². The SMILES string of the molecule is NC1OC2(CN3CCC2CC3)CN1c1cc2cc(Cl)c(Cl)cc2cn1. The maximum atomic E-state index is 6.34. The Morgan fingerprint density at radius 1 is 1.08 bits per heavy atom. The van der Waals surface area contributed by atoms with Gasteiger partial charge in [-0.1, -0.05) is 23.2 Å². The van der Waals surface area contributed by atoms with E-state index in [0.717, 1.165) is 29.7 Å². The molecule has 1 aromatic heterocycles. The number of hydrogen-bond donors (Lipinski definition) is 1. The standard InChI is InChI=1S/C18H20Cl2N4O/c19-14-5-11-7-16(22-8-12(11)6-15(14)20)24-10-18(25-17(24)21)9-23-3-1-13(18)2-4-23/h5-8,13,17H,1-4,9-10,21H2. The molecule has 2 aromatic rings. The van der Waals surface area contributed by atoms with Gasteiger partial charge in [-0.2, -0.15) is 0 Å². The van der Waals surface area contributed by atoms with E-state index in [9.17, 15) is 0 Å². The van der Waals surface area contributed by atoms with Crippen molar-refractivity contribution < 1.29 is 4.74 Å². The van der Waals surface area contributed by atoms with Gasteiger partial charge in [0, 0.05) is 18.1 Å². The number of aromatic nitrogens is 1. The summed E-state index contributed by atoms with van der Waals surface area (Å²) in [5.74, 6) is 1.41. The molecule has 4 fully saturated rings. The Hall–Kier alpha value is -1.11. The molecule has 5 heterocycles. The van der Waals surface area contributed by atoms with Crippen molar-refractivity contribution in [1.29, 1.82) is 0 Å². The summed E-state index contributed by atoms with van der Waals surface area (Å²) in [6, 6.07) is 5.73. The first-order valence-electron chi connectivity index (χ1n) is 8.71. The molecule has 6 rings (SSSR count). The third-order valence-electron chi connectivity index (χ3n) is 5.96. The Labute approximate surface area is 156 Å². The van der Waals surface area contributed by atoms with Crippen LogP contribution in [0, 0.1) is 5.92 Å². The van der Waals surface area contributed by atoms with Crippen LogP contribution in [0.15, 0.2) is 24.4 Å². The lowest BCUT2D eigenvalue weighted by Gasteiger charge is -2.50. The topological polar surface area (TPSA) is 54.6 Å². The lowest BCUT2D eigenvalue weighted by Crippen LogP contribution is -2.61. The lowest BCUT2D eigenvalue weighted by atomic mass is 9.75. The van der Waals surface area contributed by atoms with Gasteiger partial charge >= 0.3 is 0 Å². The second-order valence-corrected chi connectivity index (χ2v) is 8.22. The Morgan fingerprint density at radius 2 is 1.80 bits per heavy atom. The number of benzene rings is 1. The molecule has 1 aromatic carbocycles. The van der Waals surface area contributed by atoms with E-state index in [4.69, 9.17) is 33.7 Å². The second-order valence-electron chi connectivity index (χ2n) is 7.41. The van der Waals surface area contributed by atoms with Gasteiger partial charge in [-0.05, 0) is 55.4 Å². The average Bonchev–Trinajstić information content (AvgIpc) is 2.92. The molecule has 0 radical (unpaired) electrons. The number of ether oxygens (including phenoxy) is 1. The van der Waals surface area contributed by atoms with Crippen LogP contribution in [-0.4, -0.2) is 48.0 Å². The molecule has 2 N–H and O–H groups in total. The molecule has 4 aliphatic heterocycles. The largest absolute Gasteiger partial charge is 0.335 e. The molecule has 2 unspecified atom stereocenters. The van der Waals surface area contributed by atoms with Crippen molar-refractivity contribution in [1.82, 2.24) is 9.88 Å². The third-order valence-corrected chi connectivity index (χ3v) is 6.69. The third kappa shape index (κ3) is 2.53. The number of nitrogens with zero attached hydrogens (tertiary/aromatic N) is 3. The molecule has 4 aliphatic rings. The monoisotopic (exact) mass is 378 g/mol. The highest BCUT2D eigenvalue weighted by molar-refractivity contribution is 6.42. The Morgan fingerprint density at radius 3 is 2.48 bits per heavy atom. The summed E-state index contributed by atoms with van der Waals surface area (Å²) < 4.78 is 6.32. The van der Waals surface area contributed by atoms with Crippen LogP contribution >= 0.6 is 23.2 Å². The molecule has 0 saturated carbocycles. The Balaban J connectivity index is 1.49. The number of pyridine rings is 1. The Bertz CT molecular complexity index is 839. The van der Waals surface area contributed by atoms with Crippen molar-refractivity contribution >= 4 is 39.8 Å². The van der Waals surface area contributed by atoms with Crippen LogP contribution in [0.2, 0.25) is 10.0 Å². The molecule has 4 saturated heterocycles. The van der Waals surface area contributed by atoms with E-state index >= 15 is 0 Å². The van der Waals surface area contributed by atoms with E-state index in [1.165, 1.54) is 25.9 Å². The smallest absolute Gasteiger partial charge is 0.186 e. The quantitative estimate of drug-likeness (QED) is 0.825. The highest BCUT2D eigenvalue weighted by Crippen LogP contribution is 2.43. The first-order chi connectivity index (χ1) is 12.0. The van der Waals surface area contributed by atoms with E-state index in [1.807, 2.05) is 24.4 Å². The maximum absolute atomic E-state index is 6.34. The minimum Gasteiger partial charge on any atom is -0.335 e. The zero-order valence-electron chi connectivity index (χ0n) is 13.8. The van der Waals surface area contributed by atoms with E-state index in [-0.39, 0.29) is 5.60 Å². The van der Waals surface area contributed by atoms with Gasteiger partial charge in [-0.25, -0.2) is 4.98 Å². The zero-order valence-corrected chi connectivity index (χ0v) is 15.3. The van der Waals surface area contributed by atoms with Gasteiger partial charge < -0.3 is 14.5 Å². The van der Waals surface area contributed by atoms with E-state index in [1.54, 1.807) is 0 Å². The summed E-state index contributed by atoms with van der Waals surface area (Å²) in [7, 11) is 0. The predicted octanol–water partition coefficient (Wildman–Crippen LogP) is 3.08. The molecular formula is C18H20Cl2N4O. The van der Waals surface area contributed by atoms with Gasteiger partial charge in [0.15, 0.2) is 6.35 Å². The molecule has 0 amide bonds. The summed E-state index contributed by atoms with van der Waals surface area (Å²) in [5.41, 5.74) is 6.18. The number of hydrogen-bond acceptors (Lipinski definition) is 5. The van der Waals surface area contributed by atoms with Crippen LogP contribution in [-0.2, 0) is 4.74 Å². The van der Waals surface area contributed by atoms with E-state index in [2.05, 4.69) is 14.8 Å². The van der Waals surface area contributed by atoms with Crippen LogP contribution in [0.3, 0.4) is 0 Å². The van der Waals surface area contributed by atoms with Gasteiger partial charge in [0.05, 0.1) is 16.6 Å². The highest BCUT2D eigenvalue weighted by Gasteiger charge is 2.54. The van der Waals surface area contributed by atoms with Crippen LogP contribution in [0.4, 0.5) is 5.82 Å². The maximum Gasteiger partial charge on any atom is 0.186 e. The fourth-order valence-electron chi connectivity index (χ4n) is 4.65. The summed E-state index contributed by atoms with van der Waals surface area (Å²) in [6.07, 6.45) is 3.74. The van der Waals surface area contributed by atoms with Gasteiger partial charge in [0.25, 0.3) is 0 Å². The van der Waals surface area contributed by atoms with E-state index in [0.29, 0.717) is 16.0 Å². The zero-order chi connectivity index (χ0) is 17.2. The Kier molecular flexibility index (Phi) is 3.67. The van der Waals surface area contributed by atoms with Gasteiger partial charge in [0.2, 0.25) is 0 Å². The summed E-state index contributed by atoms with van der Waals surface area (Å²) in [6.45, 7) is 4.11. The van der Waals surface area contributed by atoms with Crippen molar-refractivity contribution in [3.63, 3.8) is 0 Å². The van der Waals surface area contributed by atoms with Gasteiger partial charge in [-0.3, -0.25) is 5.73 Å². The first kappa shape index (κ1) is 16.1. The fourth-order valence-corrected chi connectivity index (χ4v) is 5.00. The van der Waals surface area contributed by atoms with Gasteiger partial charge in [-0.15, -0.1) is 0 Å². The minimum atomic E-state index is -0.465. The van der Waals surface area contributed by atoms with Crippen molar-refractivity contribution in [2.24, 2.45) is 11.7 Å². The lowest BCUT2D eigenvalue weighted by molar-refractivity contribution is -0.137. The predicted molar refractivity (Wildman–Crippen MR) is 100 cm³/mol. The summed E-state index contributed by atoms with van der Waals surface area (Å²) >= 11 is 12.3.